The van der Waals surface area contributed by atoms with Gasteiger partial charge in [-0.25, -0.2) is 0 Å². The van der Waals surface area contributed by atoms with E-state index in [9.17, 15) is 0 Å². The molecule has 0 fully saturated rings. The van der Waals surface area contributed by atoms with Gasteiger partial charge in [0.2, 0.25) is 0 Å². The minimum atomic E-state index is 0.585. The van der Waals surface area contributed by atoms with Crippen LogP contribution in [0.1, 0.15) is 25.1 Å². The zero-order valence-electron chi connectivity index (χ0n) is 12.0. The summed E-state index contributed by atoms with van der Waals surface area (Å²) in [7, 11) is 2.25. The smallest absolute Gasteiger partial charge is 0.0300 e. The van der Waals surface area contributed by atoms with Gasteiger partial charge in [-0.3, -0.25) is 4.90 Å². The lowest BCUT2D eigenvalue weighted by Crippen LogP contribution is -2.44. The minimum absolute atomic E-state index is 0.585. The molecule has 0 aromatic carbocycles. The van der Waals surface area contributed by atoms with Crippen LogP contribution in [0.3, 0.4) is 0 Å². The summed E-state index contributed by atoms with van der Waals surface area (Å²) in [5.74, 6) is 1.22. The number of nitrogens with one attached hydrogen (secondary N) is 1. The van der Waals surface area contributed by atoms with Crippen LogP contribution in [0.4, 0.5) is 0 Å². The molecule has 1 N–H and O–H groups in total. The van der Waals surface area contributed by atoms with E-state index in [0.29, 0.717) is 12.1 Å². The normalized spacial score (nSPS) is 14.9. The van der Waals surface area contributed by atoms with Gasteiger partial charge < -0.3 is 5.32 Å². The summed E-state index contributed by atoms with van der Waals surface area (Å²) in [6.45, 7) is 6.64. The van der Waals surface area contributed by atoms with E-state index in [1.165, 1.54) is 17.1 Å². The fourth-order valence-electron chi connectivity index (χ4n) is 2.04. The molecule has 1 rings (SSSR count). The Morgan fingerprint density at radius 1 is 1.50 bits per heavy atom. The zero-order valence-corrected chi connectivity index (χ0v) is 13.6. The highest BCUT2D eigenvalue weighted by atomic mass is 32.2. The van der Waals surface area contributed by atoms with E-state index < -0.39 is 0 Å². The topological polar surface area (TPSA) is 15.3 Å². The van der Waals surface area contributed by atoms with Crippen LogP contribution in [0.15, 0.2) is 17.5 Å². The predicted octanol–water partition coefficient (Wildman–Crippen LogP) is 3.30. The van der Waals surface area contributed by atoms with Crippen LogP contribution < -0.4 is 5.32 Å². The van der Waals surface area contributed by atoms with Crippen molar-refractivity contribution in [3.05, 3.63) is 22.4 Å². The molecule has 0 aliphatic carbocycles. The predicted molar refractivity (Wildman–Crippen MR) is 85.7 cm³/mol. The van der Waals surface area contributed by atoms with Crippen molar-refractivity contribution in [2.75, 3.05) is 25.6 Å². The highest BCUT2D eigenvalue weighted by Crippen LogP contribution is 2.12. The number of thioether (sulfide) groups is 1. The molecule has 1 heterocycles. The summed E-state index contributed by atoms with van der Waals surface area (Å²) in [6.07, 6.45) is 3.42. The number of nitrogens with zero attached hydrogens (tertiary/aromatic N) is 1. The van der Waals surface area contributed by atoms with Crippen LogP contribution in [0.2, 0.25) is 0 Å². The standard InChI is InChI=1S/C14H26N2S2/c1-5-13(11-17-4)16(3)12(2)9-15-10-14-7-6-8-18-14/h6-8,12-13,15H,5,9-11H2,1-4H3. The van der Waals surface area contributed by atoms with Gasteiger partial charge in [0.25, 0.3) is 0 Å². The van der Waals surface area contributed by atoms with Gasteiger partial charge >= 0.3 is 0 Å². The summed E-state index contributed by atoms with van der Waals surface area (Å²) < 4.78 is 0. The molecule has 0 bridgehead atoms. The van der Waals surface area contributed by atoms with Crippen LogP contribution in [0.25, 0.3) is 0 Å². The monoisotopic (exact) mass is 286 g/mol. The Bertz CT molecular complexity index is 301. The first kappa shape index (κ1) is 16.0. The first-order valence-electron chi connectivity index (χ1n) is 6.63. The molecule has 0 radical (unpaired) electrons. The number of hydrogen-bond donors (Lipinski definition) is 1. The van der Waals surface area contributed by atoms with Crippen LogP contribution in [0.5, 0.6) is 0 Å². The van der Waals surface area contributed by atoms with Crippen molar-refractivity contribution in [2.45, 2.75) is 38.9 Å². The lowest BCUT2D eigenvalue weighted by molar-refractivity contribution is 0.191. The molecule has 4 heteroatoms. The van der Waals surface area contributed by atoms with Crippen LogP contribution >= 0.6 is 23.1 Å². The summed E-state index contributed by atoms with van der Waals surface area (Å²) >= 11 is 3.76. The van der Waals surface area contributed by atoms with E-state index in [1.54, 1.807) is 0 Å². The van der Waals surface area contributed by atoms with E-state index in [4.69, 9.17) is 0 Å². The Morgan fingerprint density at radius 3 is 2.83 bits per heavy atom. The second-order valence-electron chi connectivity index (χ2n) is 4.74. The van der Waals surface area contributed by atoms with Crippen molar-refractivity contribution in [1.82, 2.24) is 10.2 Å². The number of hydrogen-bond acceptors (Lipinski definition) is 4. The molecule has 1 aromatic heterocycles. The van der Waals surface area contributed by atoms with Crippen molar-refractivity contribution in [3.8, 4) is 0 Å². The molecular weight excluding hydrogens is 260 g/mol. The summed E-state index contributed by atoms with van der Waals surface area (Å²) in [5, 5.41) is 5.69. The Kier molecular flexibility index (Phi) is 7.98. The molecular formula is C14H26N2S2. The molecule has 0 spiro atoms. The maximum absolute atomic E-state index is 3.55. The number of rotatable bonds is 9. The zero-order chi connectivity index (χ0) is 13.4. The molecule has 18 heavy (non-hydrogen) atoms. The number of thiophene rings is 1. The van der Waals surface area contributed by atoms with Gasteiger partial charge in [0.05, 0.1) is 0 Å². The van der Waals surface area contributed by atoms with Crippen molar-refractivity contribution < 1.29 is 0 Å². The Labute approximate surface area is 120 Å². The Hall–Kier alpha value is -0.0300. The van der Waals surface area contributed by atoms with Crippen LogP contribution in [0, 0.1) is 0 Å². The first-order chi connectivity index (χ1) is 8.69. The fourth-order valence-corrected chi connectivity index (χ4v) is 3.57. The van der Waals surface area contributed by atoms with Crippen molar-refractivity contribution in [3.63, 3.8) is 0 Å². The molecule has 0 amide bonds. The van der Waals surface area contributed by atoms with Crippen molar-refractivity contribution >= 4 is 23.1 Å². The quantitative estimate of drug-likeness (QED) is 0.750. The average molecular weight is 287 g/mol. The summed E-state index contributed by atoms with van der Waals surface area (Å²) in [4.78, 5) is 3.93. The third-order valence-corrected chi connectivity index (χ3v) is 5.02. The largest absolute Gasteiger partial charge is 0.310 e. The summed E-state index contributed by atoms with van der Waals surface area (Å²) in [6, 6.07) is 5.58. The van der Waals surface area contributed by atoms with E-state index in [1.807, 2.05) is 23.1 Å². The third kappa shape index (κ3) is 5.31. The third-order valence-electron chi connectivity index (χ3n) is 3.42. The molecule has 0 aliphatic heterocycles. The van der Waals surface area contributed by atoms with Gasteiger partial charge in [-0.1, -0.05) is 13.0 Å². The molecule has 1 aromatic rings. The SMILES string of the molecule is CCC(CSC)N(C)C(C)CNCc1cccs1. The maximum atomic E-state index is 3.55. The maximum Gasteiger partial charge on any atom is 0.0300 e. The second kappa shape index (κ2) is 8.97. The average Bonchev–Trinajstić information content (AvgIpc) is 2.88. The lowest BCUT2D eigenvalue weighted by atomic mass is 10.2. The van der Waals surface area contributed by atoms with E-state index in [2.05, 4.69) is 54.9 Å². The van der Waals surface area contributed by atoms with E-state index in [0.717, 1.165) is 13.1 Å². The minimum Gasteiger partial charge on any atom is -0.310 e. The van der Waals surface area contributed by atoms with Crippen molar-refractivity contribution in [2.24, 2.45) is 0 Å². The molecule has 0 saturated heterocycles. The second-order valence-corrected chi connectivity index (χ2v) is 6.69. The Balaban J connectivity index is 2.27. The van der Waals surface area contributed by atoms with Crippen molar-refractivity contribution in [1.29, 1.82) is 0 Å². The molecule has 0 aliphatic rings. The van der Waals surface area contributed by atoms with Gasteiger partial charge in [-0.05, 0) is 38.1 Å². The summed E-state index contributed by atoms with van der Waals surface area (Å²) in [5.41, 5.74) is 0. The van der Waals surface area contributed by atoms with E-state index >= 15 is 0 Å². The van der Waals surface area contributed by atoms with Crippen LogP contribution in [-0.4, -0.2) is 42.6 Å². The highest BCUT2D eigenvalue weighted by molar-refractivity contribution is 7.98. The first-order valence-corrected chi connectivity index (χ1v) is 8.90. The van der Waals surface area contributed by atoms with Crippen LogP contribution in [-0.2, 0) is 6.54 Å². The lowest BCUT2D eigenvalue weighted by Gasteiger charge is -2.32. The fraction of sp³-hybridized carbons (Fsp3) is 0.714. The van der Waals surface area contributed by atoms with Gasteiger partial charge in [-0.2, -0.15) is 11.8 Å². The number of likely N-dealkylation sites (N-methyl/N-ethyl adjacent to an activating group) is 1. The molecule has 2 unspecified atom stereocenters. The molecule has 2 nitrogen and oxygen atoms in total. The molecule has 0 saturated carbocycles. The van der Waals surface area contributed by atoms with Gasteiger partial charge in [0.1, 0.15) is 0 Å². The highest BCUT2D eigenvalue weighted by Gasteiger charge is 2.17. The van der Waals surface area contributed by atoms with Gasteiger partial charge in [0, 0.05) is 35.8 Å². The Morgan fingerprint density at radius 2 is 2.28 bits per heavy atom. The molecule has 2 atom stereocenters. The van der Waals surface area contributed by atoms with Gasteiger partial charge in [0.15, 0.2) is 0 Å². The van der Waals surface area contributed by atoms with Gasteiger partial charge in [-0.15, -0.1) is 11.3 Å². The molecule has 104 valence electrons. The van der Waals surface area contributed by atoms with E-state index in [-0.39, 0.29) is 0 Å².